The largest absolute Gasteiger partial charge is 0.494 e. The Morgan fingerprint density at radius 1 is 1.36 bits per heavy atom. The summed E-state index contributed by atoms with van der Waals surface area (Å²) in [6.07, 6.45) is 4.90. The van der Waals surface area contributed by atoms with Gasteiger partial charge >= 0.3 is 0 Å². The maximum atomic E-state index is 13.1. The number of benzene rings is 1. The van der Waals surface area contributed by atoms with Crippen LogP contribution in [0.1, 0.15) is 36.3 Å². The fourth-order valence-corrected chi connectivity index (χ4v) is 4.93. The maximum absolute atomic E-state index is 13.1. The first kappa shape index (κ1) is 16.3. The molecule has 4 rings (SSSR count). The normalized spacial score (nSPS) is 16.8. The molecule has 0 amide bonds. The first-order chi connectivity index (χ1) is 12.2. The summed E-state index contributed by atoms with van der Waals surface area (Å²) in [4.78, 5) is 19.9. The van der Waals surface area contributed by atoms with Crippen molar-refractivity contribution in [2.75, 3.05) is 6.61 Å². The van der Waals surface area contributed by atoms with Crippen LogP contribution in [-0.4, -0.2) is 16.2 Å². The number of hydrogen-bond acceptors (Lipinski definition) is 4. The van der Waals surface area contributed by atoms with Crippen molar-refractivity contribution in [3.05, 3.63) is 57.0 Å². The zero-order chi connectivity index (χ0) is 17.4. The molecule has 0 fully saturated rings. The zero-order valence-corrected chi connectivity index (χ0v) is 15.4. The summed E-state index contributed by atoms with van der Waals surface area (Å²) >= 11 is 1.69. The van der Waals surface area contributed by atoms with Gasteiger partial charge in [-0.05, 0) is 43.7 Å². The predicted molar refractivity (Wildman–Crippen MR) is 102 cm³/mol. The van der Waals surface area contributed by atoms with Crippen LogP contribution in [0.15, 0.2) is 35.4 Å². The van der Waals surface area contributed by atoms with Crippen LogP contribution in [0.5, 0.6) is 5.75 Å². The lowest BCUT2D eigenvalue weighted by Crippen LogP contribution is -2.22. The summed E-state index contributed by atoms with van der Waals surface area (Å²) in [5.41, 5.74) is 2.32. The van der Waals surface area contributed by atoms with Crippen molar-refractivity contribution < 1.29 is 4.74 Å². The van der Waals surface area contributed by atoms with Crippen LogP contribution in [0.25, 0.3) is 10.2 Å². The van der Waals surface area contributed by atoms with Crippen LogP contribution in [0.3, 0.4) is 0 Å². The van der Waals surface area contributed by atoms with E-state index in [1.807, 2.05) is 31.2 Å². The number of hydrogen-bond donors (Lipinski definition) is 0. The third-order valence-corrected chi connectivity index (χ3v) is 6.06. The number of thiophene rings is 1. The lowest BCUT2D eigenvalue weighted by molar-refractivity contribution is 0.335. The van der Waals surface area contributed by atoms with Crippen LogP contribution >= 0.6 is 11.3 Å². The second-order valence-corrected chi connectivity index (χ2v) is 7.83. The average molecular weight is 354 g/mol. The van der Waals surface area contributed by atoms with Crippen molar-refractivity contribution in [2.24, 2.45) is 5.92 Å². The molecule has 0 spiro atoms. The quantitative estimate of drug-likeness (QED) is 0.710. The van der Waals surface area contributed by atoms with E-state index in [0.717, 1.165) is 40.8 Å². The third kappa shape index (κ3) is 2.97. The number of rotatable bonds is 4. The van der Waals surface area contributed by atoms with E-state index in [1.165, 1.54) is 10.4 Å². The Hall–Kier alpha value is -2.14. The van der Waals surface area contributed by atoms with E-state index in [-0.39, 0.29) is 5.56 Å². The maximum Gasteiger partial charge on any atom is 0.262 e. The molecular weight excluding hydrogens is 332 g/mol. The highest BCUT2D eigenvalue weighted by Crippen LogP contribution is 2.35. The Labute approximate surface area is 151 Å². The Morgan fingerprint density at radius 3 is 3.04 bits per heavy atom. The lowest BCUT2D eigenvalue weighted by Gasteiger charge is -2.17. The second-order valence-electron chi connectivity index (χ2n) is 6.75. The zero-order valence-electron chi connectivity index (χ0n) is 14.6. The molecule has 1 aromatic carbocycles. The summed E-state index contributed by atoms with van der Waals surface area (Å²) < 4.78 is 7.40. The average Bonchev–Trinajstić information content (AvgIpc) is 2.97. The molecular formula is C20H22N2O2S. The molecule has 4 nitrogen and oxygen atoms in total. The summed E-state index contributed by atoms with van der Waals surface area (Å²) in [6, 6.07) is 7.88. The molecule has 130 valence electrons. The van der Waals surface area contributed by atoms with Gasteiger partial charge in [0, 0.05) is 10.4 Å². The molecule has 1 aliphatic rings. The van der Waals surface area contributed by atoms with E-state index in [2.05, 4.69) is 11.9 Å². The molecule has 0 saturated carbocycles. The van der Waals surface area contributed by atoms with Gasteiger partial charge in [-0.25, -0.2) is 4.98 Å². The number of ether oxygens (including phenoxy) is 1. The Bertz CT molecular complexity index is 973. The number of fused-ring (bicyclic) bond motifs is 3. The van der Waals surface area contributed by atoms with Gasteiger partial charge in [0.05, 0.1) is 24.9 Å². The van der Waals surface area contributed by atoms with Crippen molar-refractivity contribution >= 4 is 21.6 Å². The molecule has 0 radical (unpaired) electrons. The van der Waals surface area contributed by atoms with E-state index in [4.69, 9.17) is 4.74 Å². The molecule has 5 heteroatoms. The third-order valence-electron chi connectivity index (χ3n) is 4.90. The monoisotopic (exact) mass is 354 g/mol. The van der Waals surface area contributed by atoms with E-state index >= 15 is 0 Å². The van der Waals surface area contributed by atoms with Crippen LogP contribution in [0, 0.1) is 5.92 Å². The number of para-hydroxylation sites is 1. The van der Waals surface area contributed by atoms with Gasteiger partial charge in [-0.1, -0.05) is 25.1 Å². The minimum Gasteiger partial charge on any atom is -0.494 e. The van der Waals surface area contributed by atoms with Crippen molar-refractivity contribution in [2.45, 2.75) is 39.7 Å². The first-order valence-corrected chi connectivity index (χ1v) is 9.69. The SMILES string of the molecule is CCOc1ccccc1Cn1cnc2sc3c(c2c1=O)CC[C@H](C)C3. The van der Waals surface area contributed by atoms with E-state index < -0.39 is 0 Å². The van der Waals surface area contributed by atoms with Crippen molar-refractivity contribution in [1.29, 1.82) is 0 Å². The molecule has 1 aliphatic carbocycles. The van der Waals surface area contributed by atoms with Crippen LogP contribution in [0.4, 0.5) is 0 Å². The van der Waals surface area contributed by atoms with Gasteiger partial charge in [0.1, 0.15) is 10.6 Å². The van der Waals surface area contributed by atoms with Gasteiger partial charge in [-0.3, -0.25) is 9.36 Å². The molecule has 0 aliphatic heterocycles. The van der Waals surface area contributed by atoms with Gasteiger partial charge in [0.15, 0.2) is 0 Å². The minimum atomic E-state index is 0.0726. The van der Waals surface area contributed by atoms with E-state index in [0.29, 0.717) is 19.1 Å². The molecule has 0 unspecified atom stereocenters. The van der Waals surface area contributed by atoms with Gasteiger partial charge < -0.3 is 4.74 Å². The number of aromatic nitrogens is 2. The standard InChI is InChI=1S/C20H22N2O2S/c1-3-24-16-7-5-4-6-14(16)11-22-12-21-19-18(20(22)23)15-9-8-13(2)10-17(15)25-19/h4-7,12-13H,3,8-11H2,1-2H3/t13-/m0/s1. The Kier molecular flexibility index (Phi) is 4.34. The first-order valence-electron chi connectivity index (χ1n) is 8.87. The van der Waals surface area contributed by atoms with Gasteiger partial charge in [0.2, 0.25) is 0 Å². The highest BCUT2D eigenvalue weighted by molar-refractivity contribution is 7.18. The van der Waals surface area contributed by atoms with Crippen molar-refractivity contribution in [1.82, 2.24) is 9.55 Å². The smallest absolute Gasteiger partial charge is 0.262 e. The number of nitrogens with zero attached hydrogens (tertiary/aromatic N) is 2. The van der Waals surface area contributed by atoms with Crippen LogP contribution in [-0.2, 0) is 19.4 Å². The lowest BCUT2D eigenvalue weighted by atomic mass is 9.89. The van der Waals surface area contributed by atoms with Gasteiger partial charge in [-0.15, -0.1) is 11.3 Å². The van der Waals surface area contributed by atoms with Crippen LogP contribution in [0.2, 0.25) is 0 Å². The van der Waals surface area contributed by atoms with Gasteiger partial charge in [0.25, 0.3) is 5.56 Å². The minimum absolute atomic E-state index is 0.0726. The molecule has 3 aromatic rings. The Balaban J connectivity index is 1.77. The topological polar surface area (TPSA) is 44.1 Å². The summed E-state index contributed by atoms with van der Waals surface area (Å²) in [5.74, 6) is 1.53. The summed E-state index contributed by atoms with van der Waals surface area (Å²) in [5, 5.41) is 0.836. The molecule has 2 heterocycles. The second kappa shape index (κ2) is 6.64. The highest BCUT2D eigenvalue weighted by atomic mass is 32.1. The van der Waals surface area contributed by atoms with Gasteiger partial charge in [-0.2, -0.15) is 0 Å². The van der Waals surface area contributed by atoms with Crippen molar-refractivity contribution in [3.8, 4) is 5.75 Å². The highest BCUT2D eigenvalue weighted by Gasteiger charge is 2.23. The fourth-order valence-electron chi connectivity index (χ4n) is 3.59. The molecule has 0 saturated heterocycles. The molecule has 25 heavy (non-hydrogen) atoms. The molecule has 2 aromatic heterocycles. The summed E-state index contributed by atoms with van der Waals surface area (Å²) in [7, 11) is 0. The molecule has 1 atom stereocenters. The fraction of sp³-hybridized carbons (Fsp3) is 0.400. The molecule has 0 N–H and O–H groups in total. The van der Waals surface area contributed by atoms with E-state index in [9.17, 15) is 4.79 Å². The predicted octanol–water partition coefficient (Wildman–Crippen LogP) is 4.03. The van der Waals surface area contributed by atoms with Crippen molar-refractivity contribution in [3.63, 3.8) is 0 Å². The number of aryl methyl sites for hydroxylation is 1. The summed E-state index contributed by atoms with van der Waals surface area (Å²) in [6.45, 7) is 5.34. The Morgan fingerprint density at radius 2 is 2.20 bits per heavy atom. The van der Waals surface area contributed by atoms with E-state index in [1.54, 1.807) is 22.2 Å². The van der Waals surface area contributed by atoms with Crippen LogP contribution < -0.4 is 10.3 Å². The molecule has 0 bridgehead atoms.